The molecule has 0 spiro atoms. The average Bonchev–Trinajstić information content (AvgIpc) is 1.83. The fourth-order valence-corrected chi connectivity index (χ4v) is 1.19. The SMILES string of the molecule is CN(C)CCCCC[N+](C)(C)C. The molecule has 0 fully saturated rings. The molecule has 0 aliphatic carbocycles. The first kappa shape index (κ1) is 11.9. The van der Waals surface area contributed by atoms with Crippen LogP contribution in [0.3, 0.4) is 0 Å². The molecule has 0 saturated carbocycles. The maximum Gasteiger partial charge on any atom is 0.0780 e. The maximum absolute atomic E-state index is 2.26. The lowest BCUT2D eigenvalue weighted by Gasteiger charge is -2.23. The third-order valence-electron chi connectivity index (χ3n) is 1.93. The number of unbranched alkanes of at least 4 members (excludes halogenated alkanes) is 2. The van der Waals surface area contributed by atoms with Crippen LogP contribution in [0.2, 0.25) is 0 Å². The summed E-state index contributed by atoms with van der Waals surface area (Å²) < 4.78 is 1.10. The van der Waals surface area contributed by atoms with Gasteiger partial charge in [-0.05, 0) is 39.9 Å². The molecule has 0 aromatic carbocycles. The van der Waals surface area contributed by atoms with E-state index in [1.54, 1.807) is 0 Å². The summed E-state index contributed by atoms with van der Waals surface area (Å²) in [6, 6.07) is 0. The third kappa shape index (κ3) is 9.92. The van der Waals surface area contributed by atoms with Crippen LogP contribution in [-0.2, 0) is 0 Å². The van der Waals surface area contributed by atoms with E-state index in [0.29, 0.717) is 0 Å². The Kier molecular flexibility index (Phi) is 5.51. The lowest BCUT2D eigenvalue weighted by atomic mass is 10.2. The van der Waals surface area contributed by atoms with E-state index in [1.807, 2.05) is 0 Å². The van der Waals surface area contributed by atoms with Gasteiger partial charge in [0.05, 0.1) is 27.7 Å². The molecule has 0 amide bonds. The van der Waals surface area contributed by atoms with E-state index >= 15 is 0 Å². The fourth-order valence-electron chi connectivity index (χ4n) is 1.19. The zero-order valence-electron chi connectivity index (χ0n) is 9.43. The summed E-state index contributed by atoms with van der Waals surface area (Å²) in [6.45, 7) is 2.53. The molecule has 0 radical (unpaired) electrons. The Balaban J connectivity index is 3.12. The highest BCUT2D eigenvalue weighted by Crippen LogP contribution is 2.00. The Morgan fingerprint density at radius 3 is 1.92 bits per heavy atom. The molecule has 0 bridgehead atoms. The van der Waals surface area contributed by atoms with Gasteiger partial charge in [0, 0.05) is 0 Å². The minimum absolute atomic E-state index is 1.10. The maximum atomic E-state index is 2.26. The van der Waals surface area contributed by atoms with Crippen molar-refractivity contribution in [2.45, 2.75) is 19.3 Å². The van der Waals surface area contributed by atoms with Crippen molar-refractivity contribution in [3.05, 3.63) is 0 Å². The first-order chi connectivity index (χ1) is 5.42. The Morgan fingerprint density at radius 2 is 1.50 bits per heavy atom. The summed E-state index contributed by atoms with van der Waals surface area (Å²) in [5.41, 5.74) is 0. The van der Waals surface area contributed by atoms with Crippen molar-refractivity contribution in [2.75, 3.05) is 48.3 Å². The van der Waals surface area contributed by atoms with Gasteiger partial charge < -0.3 is 9.38 Å². The second kappa shape index (κ2) is 5.55. The normalized spacial score (nSPS) is 12.5. The average molecular weight is 173 g/mol. The minimum Gasteiger partial charge on any atom is -0.331 e. The van der Waals surface area contributed by atoms with Crippen LogP contribution in [0.1, 0.15) is 19.3 Å². The van der Waals surface area contributed by atoms with Crippen LogP contribution in [0.25, 0.3) is 0 Å². The molecule has 12 heavy (non-hydrogen) atoms. The van der Waals surface area contributed by atoms with Gasteiger partial charge in [0.2, 0.25) is 0 Å². The standard InChI is InChI=1S/C10H25N2/c1-11(2)9-7-6-8-10-12(3,4)5/h6-10H2,1-5H3/q+1. The first-order valence-corrected chi connectivity index (χ1v) is 4.87. The highest BCUT2D eigenvalue weighted by atomic mass is 15.3. The Labute approximate surface area is 77.8 Å². The number of nitrogens with zero attached hydrogens (tertiary/aromatic N) is 2. The lowest BCUT2D eigenvalue weighted by Crippen LogP contribution is -2.35. The van der Waals surface area contributed by atoms with Crippen molar-refractivity contribution in [2.24, 2.45) is 0 Å². The van der Waals surface area contributed by atoms with E-state index in [-0.39, 0.29) is 0 Å². The fraction of sp³-hybridized carbons (Fsp3) is 1.00. The third-order valence-corrected chi connectivity index (χ3v) is 1.93. The van der Waals surface area contributed by atoms with Gasteiger partial charge >= 0.3 is 0 Å². The summed E-state index contributed by atoms with van der Waals surface area (Å²) in [5, 5.41) is 0. The van der Waals surface area contributed by atoms with Crippen molar-refractivity contribution >= 4 is 0 Å². The molecule has 0 aromatic heterocycles. The Hall–Kier alpha value is -0.0800. The van der Waals surface area contributed by atoms with Crippen LogP contribution in [0, 0.1) is 0 Å². The second-order valence-electron chi connectivity index (χ2n) is 4.88. The van der Waals surface area contributed by atoms with E-state index in [9.17, 15) is 0 Å². The van der Waals surface area contributed by atoms with Gasteiger partial charge in [-0.1, -0.05) is 0 Å². The first-order valence-electron chi connectivity index (χ1n) is 4.87. The van der Waals surface area contributed by atoms with Crippen LogP contribution < -0.4 is 0 Å². The molecule has 0 aliphatic rings. The van der Waals surface area contributed by atoms with E-state index in [4.69, 9.17) is 0 Å². The number of quaternary nitrogens is 1. The minimum atomic E-state index is 1.10. The van der Waals surface area contributed by atoms with Gasteiger partial charge in [-0.2, -0.15) is 0 Å². The highest BCUT2D eigenvalue weighted by molar-refractivity contribution is 4.45. The van der Waals surface area contributed by atoms with Gasteiger partial charge in [0.25, 0.3) is 0 Å². The van der Waals surface area contributed by atoms with E-state index in [2.05, 4.69) is 40.1 Å². The van der Waals surface area contributed by atoms with Gasteiger partial charge in [-0.3, -0.25) is 0 Å². The van der Waals surface area contributed by atoms with Crippen molar-refractivity contribution in [3.63, 3.8) is 0 Å². The molecule has 0 heterocycles. The summed E-state index contributed by atoms with van der Waals surface area (Å²) >= 11 is 0. The zero-order valence-corrected chi connectivity index (χ0v) is 9.43. The highest BCUT2D eigenvalue weighted by Gasteiger charge is 2.04. The van der Waals surface area contributed by atoms with Crippen LogP contribution in [0.5, 0.6) is 0 Å². The molecular formula is C10H25N2+. The smallest absolute Gasteiger partial charge is 0.0780 e. The topological polar surface area (TPSA) is 3.24 Å². The molecule has 0 unspecified atom stereocenters. The van der Waals surface area contributed by atoms with Crippen molar-refractivity contribution in [1.82, 2.24) is 4.90 Å². The molecular weight excluding hydrogens is 148 g/mol. The molecule has 74 valence electrons. The largest absolute Gasteiger partial charge is 0.331 e. The van der Waals surface area contributed by atoms with Crippen molar-refractivity contribution in [1.29, 1.82) is 0 Å². The van der Waals surface area contributed by atoms with Crippen LogP contribution in [0.15, 0.2) is 0 Å². The molecule has 0 aliphatic heterocycles. The summed E-state index contributed by atoms with van der Waals surface area (Å²) in [6.07, 6.45) is 4.07. The lowest BCUT2D eigenvalue weighted by molar-refractivity contribution is -0.870. The van der Waals surface area contributed by atoms with Gasteiger partial charge in [0.1, 0.15) is 0 Å². The van der Waals surface area contributed by atoms with Crippen LogP contribution >= 0.6 is 0 Å². The molecule has 2 heteroatoms. The van der Waals surface area contributed by atoms with Crippen LogP contribution in [-0.4, -0.2) is 57.7 Å². The molecule has 0 rings (SSSR count). The number of hydrogen-bond donors (Lipinski definition) is 0. The molecule has 0 saturated heterocycles. The van der Waals surface area contributed by atoms with E-state index in [1.165, 1.54) is 32.4 Å². The van der Waals surface area contributed by atoms with Gasteiger partial charge in [0.15, 0.2) is 0 Å². The number of rotatable bonds is 6. The molecule has 0 atom stereocenters. The van der Waals surface area contributed by atoms with Crippen LogP contribution in [0.4, 0.5) is 0 Å². The molecule has 0 aromatic rings. The van der Waals surface area contributed by atoms with E-state index < -0.39 is 0 Å². The van der Waals surface area contributed by atoms with Crippen molar-refractivity contribution < 1.29 is 4.48 Å². The predicted molar refractivity (Wildman–Crippen MR) is 55.3 cm³/mol. The zero-order chi connectivity index (χ0) is 9.61. The van der Waals surface area contributed by atoms with Gasteiger partial charge in [-0.15, -0.1) is 0 Å². The quantitative estimate of drug-likeness (QED) is 0.434. The van der Waals surface area contributed by atoms with Gasteiger partial charge in [-0.25, -0.2) is 0 Å². The summed E-state index contributed by atoms with van der Waals surface area (Å²) in [5.74, 6) is 0. The molecule has 0 N–H and O–H groups in total. The summed E-state index contributed by atoms with van der Waals surface area (Å²) in [7, 11) is 11.0. The Morgan fingerprint density at radius 1 is 0.917 bits per heavy atom. The summed E-state index contributed by atoms with van der Waals surface area (Å²) in [4.78, 5) is 2.26. The van der Waals surface area contributed by atoms with Crippen molar-refractivity contribution in [3.8, 4) is 0 Å². The monoisotopic (exact) mass is 173 g/mol. The predicted octanol–water partition coefficient (Wildman–Crippen LogP) is 1.42. The second-order valence-corrected chi connectivity index (χ2v) is 4.88. The van der Waals surface area contributed by atoms with E-state index in [0.717, 1.165) is 4.48 Å². The molecule has 2 nitrogen and oxygen atoms in total. The Bertz CT molecular complexity index is 103. The number of hydrogen-bond acceptors (Lipinski definition) is 1.